The molecular weight excluding hydrogens is 434 g/mol. The molecule has 1 aromatic heterocycles. The Bertz CT molecular complexity index is 973. The lowest BCUT2D eigenvalue weighted by Gasteiger charge is -2.56. The number of carbonyl (C=O) groups excluding carboxylic acids is 1. The highest BCUT2D eigenvalue weighted by Crippen LogP contribution is 2.61. The van der Waals surface area contributed by atoms with E-state index in [1.54, 1.807) is 0 Å². The maximum absolute atomic E-state index is 13.3. The summed E-state index contributed by atoms with van der Waals surface area (Å²) in [6, 6.07) is 7.77. The molecule has 4 aliphatic rings. The molecular formula is C27H36ClN3O2. The third-order valence-electron chi connectivity index (χ3n) is 8.11. The Hall–Kier alpha value is -1.69. The number of hydrogen-bond acceptors (Lipinski definition) is 4. The van der Waals surface area contributed by atoms with Crippen molar-refractivity contribution in [2.24, 2.45) is 23.2 Å². The van der Waals surface area contributed by atoms with Crippen molar-refractivity contribution in [3.63, 3.8) is 0 Å². The molecule has 0 saturated heterocycles. The lowest BCUT2D eigenvalue weighted by Crippen LogP contribution is -2.47. The number of carbonyl (C=O) groups is 1. The van der Waals surface area contributed by atoms with E-state index in [1.807, 2.05) is 24.3 Å². The van der Waals surface area contributed by atoms with Gasteiger partial charge in [0.2, 0.25) is 5.91 Å². The number of nitrogens with one attached hydrogen (secondary N) is 2. The van der Waals surface area contributed by atoms with Gasteiger partial charge in [0.05, 0.1) is 16.9 Å². The van der Waals surface area contributed by atoms with E-state index in [0.29, 0.717) is 11.4 Å². The third-order valence-corrected chi connectivity index (χ3v) is 8.34. The van der Waals surface area contributed by atoms with Gasteiger partial charge < -0.3 is 15.7 Å². The Labute approximate surface area is 201 Å². The van der Waals surface area contributed by atoms with Gasteiger partial charge in [-0.1, -0.05) is 11.6 Å². The first kappa shape index (κ1) is 23.1. The molecule has 4 fully saturated rings. The highest BCUT2D eigenvalue weighted by atomic mass is 35.5. The molecule has 33 heavy (non-hydrogen) atoms. The second-order valence-electron chi connectivity index (χ2n) is 10.9. The van der Waals surface area contributed by atoms with Gasteiger partial charge in [0.15, 0.2) is 0 Å². The van der Waals surface area contributed by atoms with Gasteiger partial charge in [-0.2, -0.15) is 0 Å². The highest BCUT2D eigenvalue weighted by molar-refractivity contribution is 6.31. The quantitative estimate of drug-likeness (QED) is 0.411. The van der Waals surface area contributed by atoms with Crippen LogP contribution in [-0.4, -0.2) is 35.7 Å². The number of aliphatic hydroxyl groups is 1. The largest absolute Gasteiger partial charge is 0.396 e. The summed E-state index contributed by atoms with van der Waals surface area (Å²) < 4.78 is 0. The summed E-state index contributed by atoms with van der Waals surface area (Å²) in [6.45, 7) is 1.89. The smallest absolute Gasteiger partial charge is 0.224 e. The second-order valence-corrected chi connectivity index (χ2v) is 11.3. The van der Waals surface area contributed by atoms with Crippen LogP contribution in [0, 0.1) is 23.2 Å². The Morgan fingerprint density at radius 2 is 1.76 bits per heavy atom. The van der Waals surface area contributed by atoms with E-state index >= 15 is 0 Å². The van der Waals surface area contributed by atoms with Gasteiger partial charge in [-0.05, 0) is 118 Å². The van der Waals surface area contributed by atoms with E-state index in [4.69, 9.17) is 21.7 Å². The molecule has 1 heterocycles. The summed E-state index contributed by atoms with van der Waals surface area (Å²) in [7, 11) is 0. The number of anilines is 1. The minimum atomic E-state index is 0.141. The molecule has 0 aliphatic heterocycles. The SMILES string of the molecule is O=C(CC12CC3CC(CC(C3)C1)C2)Nc1cc2cc(Cl)ccc2nc1CCCNCCCO. The molecule has 0 radical (unpaired) electrons. The molecule has 3 N–H and O–H groups in total. The fourth-order valence-electron chi connectivity index (χ4n) is 7.24. The summed E-state index contributed by atoms with van der Waals surface area (Å²) in [6.07, 6.45) is 11.0. The fraction of sp³-hybridized carbons (Fsp3) is 0.630. The first-order valence-corrected chi connectivity index (χ1v) is 13.1. The van der Waals surface area contributed by atoms with Crippen LogP contribution < -0.4 is 10.6 Å². The fourth-order valence-corrected chi connectivity index (χ4v) is 7.42. The zero-order chi connectivity index (χ0) is 22.8. The molecule has 5 nitrogen and oxygen atoms in total. The molecule has 2 aromatic rings. The van der Waals surface area contributed by atoms with E-state index in [-0.39, 0.29) is 17.9 Å². The average Bonchev–Trinajstić information content (AvgIpc) is 2.75. The molecule has 4 bridgehead atoms. The predicted molar refractivity (Wildman–Crippen MR) is 133 cm³/mol. The van der Waals surface area contributed by atoms with Gasteiger partial charge in [0.25, 0.3) is 0 Å². The number of aryl methyl sites for hydroxylation is 1. The lowest BCUT2D eigenvalue weighted by molar-refractivity contribution is -0.124. The van der Waals surface area contributed by atoms with Crippen molar-refractivity contribution in [2.75, 3.05) is 25.0 Å². The number of nitrogens with zero attached hydrogens (tertiary/aromatic N) is 1. The highest BCUT2D eigenvalue weighted by Gasteiger charge is 2.51. The summed E-state index contributed by atoms with van der Waals surface area (Å²) in [5.74, 6) is 2.69. The van der Waals surface area contributed by atoms with Crippen LogP contribution >= 0.6 is 11.6 Å². The Morgan fingerprint density at radius 1 is 1.06 bits per heavy atom. The molecule has 6 rings (SSSR count). The number of amides is 1. The predicted octanol–water partition coefficient (Wildman–Crippen LogP) is 5.34. The van der Waals surface area contributed by atoms with Crippen LogP contribution in [0.15, 0.2) is 24.3 Å². The van der Waals surface area contributed by atoms with Crippen molar-refractivity contribution in [1.82, 2.24) is 10.3 Å². The van der Waals surface area contributed by atoms with E-state index in [2.05, 4.69) is 10.6 Å². The summed E-state index contributed by atoms with van der Waals surface area (Å²) in [4.78, 5) is 18.2. The monoisotopic (exact) mass is 469 g/mol. The molecule has 4 aliphatic carbocycles. The molecule has 0 atom stereocenters. The van der Waals surface area contributed by atoms with Gasteiger partial charge in [0, 0.05) is 23.4 Å². The van der Waals surface area contributed by atoms with Crippen LogP contribution in [0.3, 0.4) is 0 Å². The third kappa shape index (κ3) is 5.36. The summed E-state index contributed by atoms with van der Waals surface area (Å²) in [5, 5.41) is 17.2. The van der Waals surface area contributed by atoms with Crippen molar-refractivity contribution in [1.29, 1.82) is 0 Å². The molecule has 1 amide bonds. The number of halogens is 1. The molecule has 0 spiro atoms. The number of benzene rings is 1. The van der Waals surface area contributed by atoms with Gasteiger partial charge in [0.1, 0.15) is 0 Å². The molecule has 0 unspecified atom stereocenters. The first-order chi connectivity index (χ1) is 16.0. The normalized spacial score (nSPS) is 27.9. The minimum absolute atomic E-state index is 0.141. The first-order valence-electron chi connectivity index (χ1n) is 12.7. The molecule has 1 aromatic carbocycles. The van der Waals surface area contributed by atoms with Crippen molar-refractivity contribution >= 4 is 34.1 Å². The lowest BCUT2D eigenvalue weighted by atomic mass is 9.49. The van der Waals surface area contributed by atoms with Crippen molar-refractivity contribution < 1.29 is 9.90 Å². The van der Waals surface area contributed by atoms with E-state index in [0.717, 1.165) is 72.4 Å². The number of aromatic nitrogens is 1. The van der Waals surface area contributed by atoms with Crippen molar-refractivity contribution in [3.05, 3.63) is 35.0 Å². The van der Waals surface area contributed by atoms with Crippen LogP contribution in [0.25, 0.3) is 10.9 Å². The van der Waals surface area contributed by atoms with Crippen LogP contribution in [-0.2, 0) is 11.2 Å². The number of hydrogen-bond donors (Lipinski definition) is 3. The van der Waals surface area contributed by atoms with Gasteiger partial charge >= 0.3 is 0 Å². The number of fused-ring (bicyclic) bond motifs is 1. The van der Waals surface area contributed by atoms with Crippen LogP contribution in [0.1, 0.15) is 63.5 Å². The second kappa shape index (κ2) is 9.89. The van der Waals surface area contributed by atoms with E-state index in [1.165, 1.54) is 38.5 Å². The zero-order valence-electron chi connectivity index (χ0n) is 19.4. The Morgan fingerprint density at radius 3 is 2.45 bits per heavy atom. The van der Waals surface area contributed by atoms with Crippen molar-refractivity contribution in [2.45, 2.75) is 64.2 Å². The minimum Gasteiger partial charge on any atom is -0.396 e. The summed E-state index contributed by atoms with van der Waals surface area (Å²) >= 11 is 6.22. The molecule has 178 valence electrons. The summed E-state index contributed by atoms with van der Waals surface area (Å²) in [5.41, 5.74) is 2.90. The topological polar surface area (TPSA) is 74.2 Å². The van der Waals surface area contributed by atoms with Crippen LogP contribution in [0.2, 0.25) is 5.02 Å². The number of aliphatic hydroxyl groups excluding tert-OH is 1. The Balaban J connectivity index is 1.29. The van der Waals surface area contributed by atoms with Crippen LogP contribution in [0.5, 0.6) is 0 Å². The van der Waals surface area contributed by atoms with E-state index in [9.17, 15) is 4.79 Å². The van der Waals surface area contributed by atoms with Gasteiger partial charge in [-0.25, -0.2) is 0 Å². The molecule has 4 saturated carbocycles. The maximum Gasteiger partial charge on any atom is 0.224 e. The number of rotatable bonds is 10. The Kier molecular flexibility index (Phi) is 6.91. The van der Waals surface area contributed by atoms with Gasteiger partial charge in [-0.15, -0.1) is 0 Å². The van der Waals surface area contributed by atoms with Gasteiger partial charge in [-0.3, -0.25) is 9.78 Å². The van der Waals surface area contributed by atoms with Crippen LogP contribution in [0.4, 0.5) is 5.69 Å². The van der Waals surface area contributed by atoms with E-state index < -0.39 is 0 Å². The standard InChI is InChI=1S/C27H36ClN3O2/c28-22-4-5-23-21(12-22)13-25(24(30-23)3-1-6-29-7-2-8-32)31-26(33)17-27-14-18-9-19(15-27)11-20(10-18)16-27/h4-5,12-13,18-20,29,32H,1-3,6-11,14-17H2,(H,31,33). The molecule has 6 heteroatoms. The zero-order valence-corrected chi connectivity index (χ0v) is 20.2. The van der Waals surface area contributed by atoms with Crippen molar-refractivity contribution in [3.8, 4) is 0 Å². The maximum atomic E-state index is 13.3. The number of pyridine rings is 1. The average molecular weight is 470 g/mol.